The second kappa shape index (κ2) is 4.20. The Labute approximate surface area is 109 Å². The van der Waals surface area contributed by atoms with Gasteiger partial charge in [0.2, 0.25) is 0 Å². The number of ketones is 1. The number of Topliss-reactive ketones (excluding diaryl/α,β-unsaturated/α-hetero) is 1. The molecule has 0 heterocycles. The summed E-state index contributed by atoms with van der Waals surface area (Å²) in [5.74, 6) is 1.58. The maximum Gasteiger partial charge on any atom is 0.140 e. The van der Waals surface area contributed by atoms with Crippen LogP contribution in [0.3, 0.4) is 0 Å². The monoisotopic (exact) mass is 296 g/mol. The van der Waals surface area contributed by atoms with Gasteiger partial charge in [0.1, 0.15) is 11.6 Å². The van der Waals surface area contributed by atoms with Gasteiger partial charge in [-0.25, -0.2) is 4.39 Å². The van der Waals surface area contributed by atoms with Crippen LogP contribution in [0.4, 0.5) is 4.39 Å². The number of carbonyl (C=O) groups is 1. The van der Waals surface area contributed by atoms with Crippen LogP contribution < -0.4 is 0 Å². The van der Waals surface area contributed by atoms with E-state index >= 15 is 0 Å². The zero-order chi connectivity index (χ0) is 12.0. The van der Waals surface area contributed by atoms with Crippen LogP contribution in [0.5, 0.6) is 0 Å². The fourth-order valence-electron chi connectivity index (χ4n) is 3.29. The molecular formula is C14H14BrFO. The second-order valence-corrected chi connectivity index (χ2v) is 5.93. The fourth-order valence-corrected chi connectivity index (χ4v) is 3.69. The molecule has 90 valence electrons. The van der Waals surface area contributed by atoms with Gasteiger partial charge in [-0.05, 0) is 52.2 Å². The summed E-state index contributed by atoms with van der Waals surface area (Å²) in [4.78, 5) is 12.1. The molecule has 0 spiro atoms. The van der Waals surface area contributed by atoms with Crippen molar-refractivity contribution in [3.63, 3.8) is 0 Å². The number of halogens is 2. The largest absolute Gasteiger partial charge is 0.299 e. The summed E-state index contributed by atoms with van der Waals surface area (Å²) in [5, 5.41) is 0. The number of fused-ring (bicyclic) bond motifs is 1. The predicted molar refractivity (Wildman–Crippen MR) is 67.1 cm³/mol. The summed E-state index contributed by atoms with van der Waals surface area (Å²) < 4.78 is 13.8. The second-order valence-electron chi connectivity index (χ2n) is 5.14. The van der Waals surface area contributed by atoms with Gasteiger partial charge in [-0.3, -0.25) is 4.79 Å². The van der Waals surface area contributed by atoms with E-state index in [-0.39, 0.29) is 11.7 Å². The van der Waals surface area contributed by atoms with Crippen molar-refractivity contribution in [1.82, 2.24) is 0 Å². The molecule has 0 amide bonds. The number of rotatable bonds is 3. The molecule has 17 heavy (non-hydrogen) atoms. The molecule has 3 heteroatoms. The van der Waals surface area contributed by atoms with E-state index in [1.165, 1.54) is 25.3 Å². The van der Waals surface area contributed by atoms with Gasteiger partial charge in [0.25, 0.3) is 0 Å². The minimum absolute atomic E-state index is 0.277. The van der Waals surface area contributed by atoms with Gasteiger partial charge in [0.15, 0.2) is 0 Å². The molecule has 0 aromatic heterocycles. The van der Waals surface area contributed by atoms with Crippen molar-refractivity contribution >= 4 is 21.7 Å². The van der Waals surface area contributed by atoms with Crippen LogP contribution in [0.1, 0.15) is 24.8 Å². The van der Waals surface area contributed by atoms with Crippen LogP contribution in [0.2, 0.25) is 0 Å². The van der Waals surface area contributed by atoms with Crippen molar-refractivity contribution < 1.29 is 9.18 Å². The maximum atomic E-state index is 13.3. The molecule has 0 saturated heterocycles. The smallest absolute Gasteiger partial charge is 0.140 e. The van der Waals surface area contributed by atoms with Gasteiger partial charge >= 0.3 is 0 Å². The molecule has 2 aliphatic rings. The zero-order valence-electron chi connectivity index (χ0n) is 9.46. The molecule has 0 bridgehead atoms. The first kappa shape index (κ1) is 11.4. The Balaban J connectivity index is 1.71. The quantitative estimate of drug-likeness (QED) is 0.830. The SMILES string of the molecule is O=C(Cc1cccc(F)c1Br)C1C2CCCC21. The molecule has 2 aliphatic carbocycles. The van der Waals surface area contributed by atoms with Gasteiger partial charge < -0.3 is 0 Å². The van der Waals surface area contributed by atoms with Gasteiger partial charge in [0.05, 0.1) is 4.47 Å². The van der Waals surface area contributed by atoms with Crippen molar-refractivity contribution in [2.24, 2.45) is 17.8 Å². The summed E-state index contributed by atoms with van der Waals surface area (Å²) in [6.45, 7) is 0. The highest BCUT2D eigenvalue weighted by atomic mass is 79.9. The van der Waals surface area contributed by atoms with E-state index in [1.54, 1.807) is 6.07 Å². The number of hydrogen-bond acceptors (Lipinski definition) is 1. The lowest BCUT2D eigenvalue weighted by Gasteiger charge is -2.06. The minimum atomic E-state index is -0.286. The highest BCUT2D eigenvalue weighted by molar-refractivity contribution is 9.10. The van der Waals surface area contributed by atoms with Crippen molar-refractivity contribution in [3.8, 4) is 0 Å². The van der Waals surface area contributed by atoms with Crippen LogP contribution in [-0.2, 0) is 11.2 Å². The molecule has 1 nitrogen and oxygen atoms in total. The van der Waals surface area contributed by atoms with Crippen LogP contribution in [0.15, 0.2) is 22.7 Å². The summed E-state index contributed by atoms with van der Waals surface area (Å²) in [7, 11) is 0. The lowest BCUT2D eigenvalue weighted by atomic mass is 10.0. The van der Waals surface area contributed by atoms with Crippen molar-refractivity contribution in [1.29, 1.82) is 0 Å². The Morgan fingerprint density at radius 1 is 1.35 bits per heavy atom. The number of hydrogen-bond donors (Lipinski definition) is 0. The predicted octanol–water partition coefficient (Wildman–Crippen LogP) is 3.75. The lowest BCUT2D eigenvalue weighted by Crippen LogP contribution is -2.09. The first-order chi connectivity index (χ1) is 8.18. The number of carbonyl (C=O) groups excluding carboxylic acids is 1. The van der Waals surface area contributed by atoms with E-state index < -0.39 is 0 Å². The lowest BCUT2D eigenvalue weighted by molar-refractivity contribution is -0.120. The third kappa shape index (κ3) is 1.95. The fraction of sp³-hybridized carbons (Fsp3) is 0.500. The standard InChI is InChI=1S/C14H14BrFO/c15-14-8(3-1-6-11(14)16)7-12(17)13-9-4-2-5-10(9)13/h1,3,6,9-10,13H,2,4-5,7H2. The Kier molecular flexibility index (Phi) is 2.81. The Hall–Kier alpha value is -0.700. The average molecular weight is 297 g/mol. The first-order valence-electron chi connectivity index (χ1n) is 6.14. The minimum Gasteiger partial charge on any atom is -0.299 e. The van der Waals surface area contributed by atoms with E-state index in [4.69, 9.17) is 0 Å². The van der Waals surface area contributed by atoms with Crippen LogP contribution >= 0.6 is 15.9 Å². The van der Waals surface area contributed by atoms with Gasteiger partial charge in [-0.2, -0.15) is 0 Å². The Morgan fingerprint density at radius 2 is 2.06 bits per heavy atom. The highest BCUT2D eigenvalue weighted by Gasteiger charge is 2.55. The molecule has 1 aromatic rings. The van der Waals surface area contributed by atoms with Crippen molar-refractivity contribution in [2.75, 3.05) is 0 Å². The molecule has 1 aromatic carbocycles. The summed E-state index contributed by atoms with van der Waals surface area (Å²) in [6.07, 6.45) is 4.08. The van der Waals surface area contributed by atoms with Crippen LogP contribution in [-0.4, -0.2) is 5.78 Å². The third-order valence-electron chi connectivity index (χ3n) is 4.17. The molecule has 3 rings (SSSR count). The van der Waals surface area contributed by atoms with Crippen LogP contribution in [0, 0.1) is 23.6 Å². The normalized spacial score (nSPS) is 30.1. The summed E-state index contributed by atoms with van der Waals surface area (Å²) in [5.41, 5.74) is 0.778. The average Bonchev–Trinajstić information content (AvgIpc) is 2.79. The highest BCUT2D eigenvalue weighted by Crippen LogP contribution is 2.58. The molecule has 2 saturated carbocycles. The van der Waals surface area contributed by atoms with Crippen molar-refractivity contribution in [2.45, 2.75) is 25.7 Å². The summed E-state index contributed by atoms with van der Waals surface area (Å²) >= 11 is 3.21. The van der Waals surface area contributed by atoms with E-state index in [2.05, 4.69) is 15.9 Å². The molecule has 2 atom stereocenters. The first-order valence-corrected chi connectivity index (χ1v) is 6.93. The molecular weight excluding hydrogens is 283 g/mol. The van der Waals surface area contributed by atoms with Gasteiger partial charge in [-0.15, -0.1) is 0 Å². The molecule has 0 N–H and O–H groups in total. The molecule has 2 fully saturated rings. The number of benzene rings is 1. The van der Waals surface area contributed by atoms with Gasteiger partial charge in [0, 0.05) is 12.3 Å². The maximum absolute atomic E-state index is 13.3. The van der Waals surface area contributed by atoms with E-state index in [1.807, 2.05) is 6.07 Å². The van der Waals surface area contributed by atoms with Crippen LogP contribution in [0.25, 0.3) is 0 Å². The summed E-state index contributed by atoms with van der Waals surface area (Å²) in [6, 6.07) is 4.89. The molecule has 0 radical (unpaired) electrons. The van der Waals surface area contributed by atoms with Crippen molar-refractivity contribution in [3.05, 3.63) is 34.1 Å². The topological polar surface area (TPSA) is 17.1 Å². The van der Waals surface area contributed by atoms with Gasteiger partial charge in [-0.1, -0.05) is 18.6 Å². The van der Waals surface area contributed by atoms with E-state index in [0.717, 1.165) is 5.56 Å². The van der Waals surface area contributed by atoms with E-state index in [9.17, 15) is 9.18 Å². The Morgan fingerprint density at radius 3 is 2.76 bits per heavy atom. The van der Waals surface area contributed by atoms with E-state index in [0.29, 0.717) is 28.5 Å². The molecule has 2 unspecified atom stereocenters. The molecule has 0 aliphatic heterocycles. The zero-order valence-corrected chi connectivity index (χ0v) is 11.0. The Bertz CT molecular complexity index is 461. The third-order valence-corrected chi connectivity index (χ3v) is 5.06.